The molecule has 0 aliphatic heterocycles. The van der Waals surface area contributed by atoms with Gasteiger partial charge in [0.15, 0.2) is 11.9 Å². The second-order valence-electron chi connectivity index (χ2n) is 1.45. The molecule has 0 aromatic rings. The second kappa shape index (κ2) is 2.48. The molecule has 0 atom stereocenters. The topological polar surface area (TPSA) is 123 Å². The Balaban J connectivity index is 4.99. The monoisotopic (exact) mass is 165 g/mol. The Morgan fingerprint density at radius 1 is 1.27 bits per heavy atom. The molecule has 0 spiro atoms. The number of carboxylic acids is 2. The van der Waals surface area contributed by atoms with Crippen LogP contribution in [0.1, 0.15) is 0 Å². The molecule has 0 saturated heterocycles. The molecule has 0 aliphatic carbocycles. The zero-order valence-corrected chi connectivity index (χ0v) is 4.77. The number of nitro groups is 1. The van der Waals surface area contributed by atoms with Gasteiger partial charge in [-0.3, -0.25) is 10.1 Å². The lowest BCUT2D eigenvalue weighted by molar-refractivity contribution is -0.595. The number of halogens is 1. The van der Waals surface area contributed by atoms with Gasteiger partial charge in [-0.1, -0.05) is 0 Å². The smallest absolute Gasteiger partial charge is 0.439 e. The second-order valence-corrected chi connectivity index (χ2v) is 1.45. The number of carbonyl (C=O) groups excluding carboxylic acids is 2. The summed E-state index contributed by atoms with van der Waals surface area (Å²) in [5.41, 5.74) is 0. The minimum Gasteiger partial charge on any atom is -0.541 e. The summed E-state index contributed by atoms with van der Waals surface area (Å²) in [4.78, 5) is 26.4. The molecule has 0 unspecified atom stereocenters. The largest absolute Gasteiger partial charge is 0.541 e. The van der Waals surface area contributed by atoms with Gasteiger partial charge in [0, 0.05) is 0 Å². The maximum Gasteiger partial charge on any atom is 0.439 e. The Morgan fingerprint density at radius 3 is 1.55 bits per heavy atom. The Kier molecular flexibility index (Phi) is 2.09. The van der Waals surface area contributed by atoms with E-state index in [1.807, 2.05) is 0 Å². The van der Waals surface area contributed by atoms with Crippen molar-refractivity contribution in [1.29, 1.82) is 0 Å². The standard InChI is InChI=1S/C3H2FNO6/c4-3(1(6)7,2(8)9)5(10)11/h(H,6,7)(H,8,9)/p-2. The lowest BCUT2D eigenvalue weighted by Crippen LogP contribution is -2.61. The molecule has 0 bridgehead atoms. The molecular formula is C3FNO6-2. The highest BCUT2D eigenvalue weighted by molar-refractivity contribution is 5.97. The van der Waals surface area contributed by atoms with Crippen molar-refractivity contribution in [3.05, 3.63) is 10.1 Å². The molecule has 0 aromatic heterocycles. The van der Waals surface area contributed by atoms with Crippen molar-refractivity contribution in [2.24, 2.45) is 0 Å². The van der Waals surface area contributed by atoms with Crippen molar-refractivity contribution < 1.29 is 29.1 Å². The van der Waals surface area contributed by atoms with Gasteiger partial charge in [0.25, 0.3) is 0 Å². The zero-order chi connectivity index (χ0) is 9.23. The molecule has 0 rings (SSSR count). The average molecular weight is 165 g/mol. The van der Waals surface area contributed by atoms with Gasteiger partial charge in [0.1, 0.15) is 0 Å². The van der Waals surface area contributed by atoms with E-state index in [1.54, 1.807) is 0 Å². The molecule has 0 saturated carbocycles. The van der Waals surface area contributed by atoms with E-state index in [9.17, 15) is 34.3 Å². The molecule has 62 valence electrons. The van der Waals surface area contributed by atoms with Crippen LogP contribution in [0.3, 0.4) is 0 Å². The average Bonchev–Trinajstić information content (AvgIpc) is 1.84. The lowest BCUT2D eigenvalue weighted by Gasteiger charge is -2.17. The quantitative estimate of drug-likeness (QED) is 0.184. The van der Waals surface area contributed by atoms with Crippen molar-refractivity contribution in [2.45, 2.75) is 5.79 Å². The van der Waals surface area contributed by atoms with Gasteiger partial charge < -0.3 is 19.8 Å². The molecule has 0 aliphatic rings. The number of aliphatic carboxylic acids is 2. The van der Waals surface area contributed by atoms with Crippen LogP contribution in [0.25, 0.3) is 0 Å². The highest BCUT2D eigenvalue weighted by atomic mass is 19.1. The molecule has 0 amide bonds. The summed E-state index contributed by atoms with van der Waals surface area (Å²) < 4.78 is 12.1. The predicted molar refractivity (Wildman–Crippen MR) is 20.8 cm³/mol. The zero-order valence-electron chi connectivity index (χ0n) is 4.77. The SMILES string of the molecule is O=C([O-])C(F)(C(=O)[O-])[N+](=O)[O-]. The van der Waals surface area contributed by atoms with Crippen molar-refractivity contribution in [3.8, 4) is 0 Å². The van der Waals surface area contributed by atoms with Crippen LogP contribution in [0.5, 0.6) is 0 Å². The molecule has 11 heavy (non-hydrogen) atoms. The third-order valence-corrected chi connectivity index (χ3v) is 0.793. The molecule has 0 radical (unpaired) electrons. The summed E-state index contributed by atoms with van der Waals surface area (Å²) in [6.07, 6.45) is 0. The first kappa shape index (κ1) is 9.27. The molecule has 7 nitrogen and oxygen atoms in total. The molecule has 0 aromatic carbocycles. The van der Waals surface area contributed by atoms with E-state index in [0.29, 0.717) is 0 Å². The number of carboxylic acid groups (broad SMARTS) is 2. The third kappa shape index (κ3) is 1.23. The summed E-state index contributed by atoms with van der Waals surface area (Å²) in [5, 5.41) is 28.6. The summed E-state index contributed by atoms with van der Waals surface area (Å²) >= 11 is 0. The minimum atomic E-state index is -4.67. The predicted octanol–water partition coefficient (Wildman–Crippen LogP) is -3.57. The number of nitrogens with zero attached hydrogens (tertiary/aromatic N) is 1. The van der Waals surface area contributed by atoms with Gasteiger partial charge in [-0.15, -0.1) is 0 Å². The van der Waals surface area contributed by atoms with E-state index in [2.05, 4.69) is 0 Å². The molecule has 8 heteroatoms. The molecular weight excluding hydrogens is 165 g/mol. The minimum absolute atomic E-state index is 2.16. The van der Waals surface area contributed by atoms with E-state index in [1.165, 1.54) is 0 Å². The van der Waals surface area contributed by atoms with Crippen LogP contribution in [0, 0.1) is 10.1 Å². The van der Waals surface area contributed by atoms with E-state index in [0.717, 1.165) is 0 Å². The van der Waals surface area contributed by atoms with Crippen LogP contribution in [0.15, 0.2) is 0 Å². The van der Waals surface area contributed by atoms with Crippen molar-refractivity contribution in [1.82, 2.24) is 0 Å². The number of hydrogen-bond acceptors (Lipinski definition) is 6. The fourth-order valence-electron chi connectivity index (χ4n) is 0.232. The maximum absolute atomic E-state index is 12.1. The molecule has 0 fully saturated rings. The lowest BCUT2D eigenvalue weighted by atomic mass is 10.3. The fraction of sp³-hybridized carbons (Fsp3) is 0.333. The van der Waals surface area contributed by atoms with Crippen molar-refractivity contribution in [3.63, 3.8) is 0 Å². The van der Waals surface area contributed by atoms with Gasteiger partial charge in [-0.2, -0.15) is 4.39 Å². The van der Waals surface area contributed by atoms with Crippen molar-refractivity contribution >= 4 is 11.9 Å². The van der Waals surface area contributed by atoms with Crippen LogP contribution in [0.2, 0.25) is 0 Å². The van der Waals surface area contributed by atoms with E-state index >= 15 is 0 Å². The Bertz CT molecular complexity index is 188. The summed E-state index contributed by atoms with van der Waals surface area (Å²) in [6, 6.07) is 0. The summed E-state index contributed by atoms with van der Waals surface area (Å²) in [6.45, 7) is 0. The van der Waals surface area contributed by atoms with Gasteiger partial charge in [0.05, 0.1) is 4.92 Å². The number of hydrogen-bond donors (Lipinski definition) is 0. The molecule has 0 N–H and O–H groups in total. The maximum atomic E-state index is 12.1. The van der Waals surface area contributed by atoms with Crippen LogP contribution in [-0.4, -0.2) is 22.7 Å². The number of rotatable bonds is 3. The van der Waals surface area contributed by atoms with Gasteiger partial charge in [-0.25, -0.2) is 0 Å². The number of alkyl halides is 1. The molecule has 0 heterocycles. The normalized spacial score (nSPS) is 10.6. The van der Waals surface area contributed by atoms with Gasteiger partial charge >= 0.3 is 5.79 Å². The summed E-state index contributed by atoms with van der Waals surface area (Å²) in [7, 11) is 0. The van der Waals surface area contributed by atoms with E-state index < -0.39 is 22.7 Å². The van der Waals surface area contributed by atoms with Crippen LogP contribution in [-0.2, 0) is 9.59 Å². The van der Waals surface area contributed by atoms with Crippen LogP contribution < -0.4 is 10.2 Å². The Hall–Kier alpha value is -1.73. The van der Waals surface area contributed by atoms with Gasteiger partial charge in [-0.05, 0) is 0 Å². The van der Waals surface area contributed by atoms with Crippen LogP contribution in [0.4, 0.5) is 4.39 Å². The van der Waals surface area contributed by atoms with Crippen LogP contribution >= 0.6 is 0 Å². The van der Waals surface area contributed by atoms with Crippen molar-refractivity contribution in [2.75, 3.05) is 0 Å². The fourth-order valence-corrected chi connectivity index (χ4v) is 0.232. The third-order valence-electron chi connectivity index (χ3n) is 0.793. The Labute approximate surface area is 58.2 Å². The van der Waals surface area contributed by atoms with E-state index in [-0.39, 0.29) is 0 Å². The first-order valence-corrected chi connectivity index (χ1v) is 2.09. The van der Waals surface area contributed by atoms with E-state index in [4.69, 9.17) is 0 Å². The Morgan fingerprint density at radius 2 is 1.55 bits per heavy atom. The first-order valence-electron chi connectivity index (χ1n) is 2.09. The highest BCUT2D eigenvalue weighted by Crippen LogP contribution is 2.08. The summed E-state index contributed by atoms with van der Waals surface area (Å²) in [5.74, 6) is -10.6. The highest BCUT2D eigenvalue weighted by Gasteiger charge is 2.47. The first-order chi connectivity index (χ1) is 4.83. The number of carbonyl (C=O) groups is 2. The van der Waals surface area contributed by atoms with Gasteiger partial charge in [0.2, 0.25) is 0 Å².